The maximum atomic E-state index is 14.6. The van der Waals surface area contributed by atoms with Crippen LogP contribution in [-0.4, -0.2) is 23.7 Å². The van der Waals surface area contributed by atoms with Gasteiger partial charge in [0.1, 0.15) is 0 Å². The number of benzene rings is 3. The van der Waals surface area contributed by atoms with Crippen molar-refractivity contribution in [3.63, 3.8) is 0 Å². The van der Waals surface area contributed by atoms with E-state index in [1.54, 1.807) is 12.1 Å². The second-order valence-corrected chi connectivity index (χ2v) is 6.27. The highest BCUT2D eigenvalue weighted by Gasteiger charge is 2.33. The fourth-order valence-corrected chi connectivity index (χ4v) is 3.25. The van der Waals surface area contributed by atoms with Gasteiger partial charge in [0.15, 0.2) is 11.6 Å². The fraction of sp³-hybridized carbons (Fsp3) is 0. The molecular formula is C20H10BFNO6-. The number of rotatable bonds is 4. The van der Waals surface area contributed by atoms with E-state index >= 15 is 0 Å². The first-order valence-electron chi connectivity index (χ1n) is 8.46. The van der Waals surface area contributed by atoms with Gasteiger partial charge in [-0.05, 0) is 12.1 Å². The van der Waals surface area contributed by atoms with Gasteiger partial charge in [0.2, 0.25) is 0 Å². The lowest BCUT2D eigenvalue weighted by atomic mass is 9.80. The molecule has 4 rings (SSSR count). The van der Waals surface area contributed by atoms with Gasteiger partial charge in [-0.2, -0.15) is 0 Å². The largest absolute Gasteiger partial charge is 0.869 e. The van der Waals surface area contributed by atoms with Crippen LogP contribution >= 0.6 is 0 Å². The van der Waals surface area contributed by atoms with Gasteiger partial charge >= 0.3 is 7.19 Å². The highest BCUT2D eigenvalue weighted by atomic mass is 19.1. The van der Waals surface area contributed by atoms with E-state index in [0.717, 1.165) is 18.2 Å². The lowest BCUT2D eigenvalue weighted by molar-refractivity contribution is -0.383. The lowest BCUT2D eigenvalue weighted by Crippen LogP contribution is -2.34. The minimum absolute atomic E-state index is 0.0785. The van der Waals surface area contributed by atoms with Crippen LogP contribution in [0, 0.1) is 10.1 Å². The third kappa shape index (κ3) is 2.93. The van der Waals surface area contributed by atoms with Crippen LogP contribution in [0.1, 0.15) is 31.8 Å². The summed E-state index contributed by atoms with van der Waals surface area (Å²) in [6, 6.07) is 13.4. The van der Waals surface area contributed by atoms with Crippen molar-refractivity contribution in [2.24, 2.45) is 0 Å². The van der Waals surface area contributed by atoms with Crippen molar-refractivity contribution < 1.29 is 28.6 Å². The highest BCUT2D eigenvalue weighted by Crippen LogP contribution is 2.37. The van der Waals surface area contributed by atoms with Gasteiger partial charge in [-0.25, -0.2) is 0 Å². The van der Waals surface area contributed by atoms with Crippen molar-refractivity contribution in [2.75, 3.05) is 0 Å². The molecule has 1 aliphatic rings. The van der Waals surface area contributed by atoms with Crippen LogP contribution in [0.5, 0.6) is 11.5 Å². The van der Waals surface area contributed by atoms with Gasteiger partial charge in [-0.15, -0.1) is 0 Å². The van der Waals surface area contributed by atoms with Gasteiger partial charge in [0.25, 0.3) is 5.69 Å². The smallest absolute Gasteiger partial charge is 0.608 e. The second-order valence-electron chi connectivity index (χ2n) is 6.27. The van der Waals surface area contributed by atoms with E-state index in [9.17, 15) is 29.1 Å². The highest BCUT2D eigenvalue weighted by molar-refractivity contribution is 6.63. The molecule has 0 spiro atoms. The van der Waals surface area contributed by atoms with Crippen LogP contribution < -0.4 is 15.2 Å². The van der Waals surface area contributed by atoms with Crippen molar-refractivity contribution in [1.82, 2.24) is 0 Å². The van der Waals surface area contributed by atoms with E-state index in [1.807, 2.05) is 0 Å². The van der Waals surface area contributed by atoms with E-state index < -0.39 is 46.4 Å². The van der Waals surface area contributed by atoms with Gasteiger partial charge in [0, 0.05) is 28.3 Å². The Balaban J connectivity index is 1.74. The molecule has 0 N–H and O–H groups in total. The Morgan fingerprint density at radius 1 is 0.862 bits per heavy atom. The predicted molar refractivity (Wildman–Crippen MR) is 99.4 cm³/mol. The zero-order chi connectivity index (χ0) is 20.7. The number of ketones is 2. The first kappa shape index (κ1) is 18.4. The van der Waals surface area contributed by atoms with Gasteiger partial charge < -0.3 is 9.76 Å². The molecule has 3 aromatic carbocycles. The number of hydrogen-bond donors (Lipinski definition) is 0. The fourth-order valence-electron chi connectivity index (χ4n) is 3.25. The first-order valence-corrected chi connectivity index (χ1v) is 8.46. The van der Waals surface area contributed by atoms with Crippen LogP contribution in [0.2, 0.25) is 0 Å². The van der Waals surface area contributed by atoms with Crippen molar-refractivity contribution in [1.29, 1.82) is 0 Å². The van der Waals surface area contributed by atoms with Crippen molar-refractivity contribution in [3.05, 3.63) is 93.0 Å². The van der Waals surface area contributed by atoms with Gasteiger partial charge in [0.05, 0.1) is 16.1 Å². The number of fused-ring (bicyclic) bond motifs is 2. The van der Waals surface area contributed by atoms with Gasteiger partial charge in [-0.1, -0.05) is 48.2 Å². The maximum absolute atomic E-state index is 14.6. The number of nitrogens with zero attached hydrogens (tertiary/aromatic N) is 1. The number of halogens is 1. The lowest BCUT2D eigenvalue weighted by Gasteiger charge is -2.25. The van der Waals surface area contributed by atoms with E-state index in [1.165, 1.54) is 30.3 Å². The standard InChI is InChI=1S/C20H11BFNO6/c22-21(14-7-3-4-8-15(14)23(27)28)29-16-10-9-13-17(20(16)26)19(25)12-6-2-1-5-11(12)18(13)24/h1-10,26H/p-1. The van der Waals surface area contributed by atoms with E-state index in [4.69, 9.17) is 4.65 Å². The van der Waals surface area contributed by atoms with Gasteiger partial charge in [-0.3, -0.25) is 24.0 Å². The third-order valence-corrected chi connectivity index (χ3v) is 4.62. The molecule has 0 atom stereocenters. The molecule has 0 bridgehead atoms. The molecule has 3 aromatic rings. The maximum Gasteiger partial charge on any atom is 0.608 e. The molecule has 0 aromatic heterocycles. The Labute approximate surface area is 163 Å². The summed E-state index contributed by atoms with van der Waals surface area (Å²) in [5.41, 5.74) is -1.11. The molecule has 142 valence electrons. The zero-order valence-corrected chi connectivity index (χ0v) is 14.6. The Morgan fingerprint density at radius 2 is 1.48 bits per heavy atom. The number of carbonyl (C=O) groups is 2. The number of carbonyl (C=O) groups excluding carboxylic acids is 2. The van der Waals surface area contributed by atoms with Crippen molar-refractivity contribution in [3.8, 4) is 11.5 Å². The Bertz CT molecular complexity index is 1200. The molecule has 0 radical (unpaired) electrons. The van der Waals surface area contributed by atoms with Crippen LogP contribution in [0.25, 0.3) is 0 Å². The number of hydrogen-bond acceptors (Lipinski definition) is 6. The summed E-state index contributed by atoms with van der Waals surface area (Å²) >= 11 is 0. The summed E-state index contributed by atoms with van der Waals surface area (Å²) in [6.45, 7) is 0. The number of para-hydroxylation sites is 1. The minimum atomic E-state index is -2.32. The van der Waals surface area contributed by atoms with Crippen LogP contribution in [0.15, 0.2) is 60.7 Å². The van der Waals surface area contributed by atoms with Crippen molar-refractivity contribution >= 4 is 29.9 Å². The summed E-state index contributed by atoms with van der Waals surface area (Å²) in [5.74, 6) is -2.62. The molecule has 0 saturated carbocycles. The molecule has 0 aliphatic heterocycles. The third-order valence-electron chi connectivity index (χ3n) is 4.62. The van der Waals surface area contributed by atoms with Crippen LogP contribution in [0.3, 0.4) is 0 Å². The van der Waals surface area contributed by atoms with E-state index in [-0.39, 0.29) is 22.2 Å². The zero-order valence-electron chi connectivity index (χ0n) is 14.6. The summed E-state index contributed by atoms with van der Waals surface area (Å²) in [5, 5.41) is 23.8. The first-order chi connectivity index (χ1) is 13.9. The predicted octanol–water partition coefficient (Wildman–Crippen LogP) is 2.19. The normalized spacial score (nSPS) is 12.2. The number of nitro benzene ring substituents is 1. The van der Waals surface area contributed by atoms with Crippen molar-refractivity contribution in [2.45, 2.75) is 0 Å². The minimum Gasteiger partial charge on any atom is -0.869 e. The van der Waals surface area contributed by atoms with E-state index in [0.29, 0.717) is 0 Å². The SMILES string of the molecule is O=C1c2ccccc2C(=O)c2c1ccc(OB(F)c1ccccc1[N+](=O)[O-])c2[O-]. The molecule has 1 aliphatic carbocycles. The molecule has 0 amide bonds. The molecule has 0 saturated heterocycles. The summed E-state index contributed by atoms with van der Waals surface area (Å²) in [4.78, 5) is 35.6. The molecule has 29 heavy (non-hydrogen) atoms. The Kier molecular flexibility index (Phi) is 4.35. The Hall–Kier alpha value is -4.01. The molecule has 0 unspecified atom stereocenters. The molecule has 9 heteroatoms. The van der Waals surface area contributed by atoms with E-state index in [2.05, 4.69) is 0 Å². The topological polar surface area (TPSA) is 110 Å². The average Bonchev–Trinajstić information content (AvgIpc) is 2.73. The second kappa shape index (κ2) is 6.86. The molecule has 0 fully saturated rings. The summed E-state index contributed by atoms with van der Waals surface area (Å²) in [6.07, 6.45) is 0. The monoisotopic (exact) mass is 390 g/mol. The average molecular weight is 390 g/mol. The molecule has 7 nitrogen and oxygen atoms in total. The summed E-state index contributed by atoms with van der Waals surface area (Å²) in [7, 11) is -2.32. The van der Waals surface area contributed by atoms with Crippen LogP contribution in [0.4, 0.5) is 10.0 Å². The molecular weight excluding hydrogens is 380 g/mol. The number of nitro groups is 1. The Morgan fingerprint density at radius 3 is 2.17 bits per heavy atom. The van der Waals surface area contributed by atoms with Crippen LogP contribution in [-0.2, 0) is 0 Å². The molecule has 0 heterocycles. The quantitative estimate of drug-likeness (QED) is 0.300. The summed E-state index contributed by atoms with van der Waals surface area (Å²) < 4.78 is 19.7.